The first-order valence-corrected chi connectivity index (χ1v) is 16.6. The summed E-state index contributed by atoms with van der Waals surface area (Å²) in [4.78, 5) is 29.9. The Bertz CT molecular complexity index is 1660. The van der Waals surface area contributed by atoms with Gasteiger partial charge in [-0.05, 0) is 59.9 Å². The number of nitrogens with one attached hydrogen (secondary N) is 1. The van der Waals surface area contributed by atoms with Crippen molar-refractivity contribution in [1.29, 1.82) is 0 Å². The summed E-state index contributed by atoms with van der Waals surface area (Å²) in [5, 5.41) is 2.97. The molecular formula is C36H41N3O5S. The van der Waals surface area contributed by atoms with Gasteiger partial charge in [-0.25, -0.2) is 8.42 Å². The summed E-state index contributed by atoms with van der Waals surface area (Å²) in [7, 11) is -2.59. The number of hydrogen-bond acceptors (Lipinski definition) is 5. The lowest BCUT2D eigenvalue weighted by Gasteiger charge is -2.34. The molecule has 0 aliphatic rings. The largest absolute Gasteiger partial charge is 0.497 e. The standard InChI is InChI=1S/C36H41N3O5S/c1-4-23-37-36(41)34(25-28-15-8-6-9-16-28)38(26-29-17-14-19-31(24-29)44-3)35(40)27-39(33-22-13-12-18-30(33)5-2)45(42,43)32-20-10-7-11-21-32/h6-22,24,34H,4-5,23,25-27H2,1-3H3,(H,37,41)/t34-/m1/s1. The summed E-state index contributed by atoms with van der Waals surface area (Å²) < 4.78 is 35.0. The van der Waals surface area contributed by atoms with E-state index in [1.54, 1.807) is 43.5 Å². The van der Waals surface area contributed by atoms with E-state index in [9.17, 15) is 18.0 Å². The Morgan fingerprint density at radius 1 is 0.822 bits per heavy atom. The van der Waals surface area contributed by atoms with E-state index >= 15 is 0 Å². The number of nitrogens with zero attached hydrogens (tertiary/aromatic N) is 2. The third kappa shape index (κ3) is 8.51. The molecule has 4 aromatic rings. The third-order valence-electron chi connectivity index (χ3n) is 7.56. The number of rotatable bonds is 15. The molecule has 0 aliphatic heterocycles. The minimum atomic E-state index is -4.15. The van der Waals surface area contributed by atoms with Crippen molar-refractivity contribution in [3.8, 4) is 5.75 Å². The molecule has 1 atom stereocenters. The first-order chi connectivity index (χ1) is 21.8. The maximum absolute atomic E-state index is 14.6. The van der Waals surface area contributed by atoms with Gasteiger partial charge < -0.3 is 15.0 Å². The van der Waals surface area contributed by atoms with Crippen LogP contribution in [0.2, 0.25) is 0 Å². The van der Waals surface area contributed by atoms with E-state index in [4.69, 9.17) is 4.74 Å². The predicted octanol–water partition coefficient (Wildman–Crippen LogP) is 5.62. The topological polar surface area (TPSA) is 96.0 Å². The second kappa shape index (κ2) is 15.9. The highest BCUT2D eigenvalue weighted by atomic mass is 32.2. The highest BCUT2D eigenvalue weighted by Gasteiger charge is 2.35. The molecule has 0 aliphatic carbocycles. The molecule has 2 amide bonds. The SMILES string of the molecule is CCCNC(=O)[C@@H](Cc1ccccc1)N(Cc1cccc(OC)c1)C(=O)CN(c1ccccc1CC)S(=O)(=O)c1ccccc1. The molecule has 9 heteroatoms. The van der Waals surface area contributed by atoms with Crippen LogP contribution in [0.3, 0.4) is 0 Å². The van der Waals surface area contributed by atoms with E-state index in [1.165, 1.54) is 21.3 Å². The van der Waals surface area contributed by atoms with Crippen LogP contribution in [-0.2, 0) is 39.0 Å². The van der Waals surface area contributed by atoms with Crippen molar-refractivity contribution in [3.63, 3.8) is 0 Å². The fraction of sp³-hybridized carbons (Fsp3) is 0.278. The van der Waals surface area contributed by atoms with E-state index in [1.807, 2.05) is 74.5 Å². The van der Waals surface area contributed by atoms with Crippen molar-refractivity contribution in [2.45, 2.75) is 50.6 Å². The number of para-hydroxylation sites is 1. The van der Waals surface area contributed by atoms with Gasteiger partial charge in [-0.2, -0.15) is 0 Å². The highest BCUT2D eigenvalue weighted by Crippen LogP contribution is 2.28. The molecule has 0 spiro atoms. The molecular weight excluding hydrogens is 586 g/mol. The maximum atomic E-state index is 14.6. The molecule has 0 fully saturated rings. The fourth-order valence-corrected chi connectivity index (χ4v) is 6.65. The Balaban J connectivity index is 1.82. The summed E-state index contributed by atoms with van der Waals surface area (Å²) in [5.74, 6) is -0.195. The van der Waals surface area contributed by atoms with Crippen molar-refractivity contribution in [2.75, 3.05) is 24.5 Å². The van der Waals surface area contributed by atoms with Crippen molar-refractivity contribution < 1.29 is 22.7 Å². The number of hydrogen-bond donors (Lipinski definition) is 1. The molecule has 0 bridgehead atoms. The quantitative estimate of drug-likeness (QED) is 0.185. The molecule has 0 heterocycles. The van der Waals surface area contributed by atoms with Gasteiger partial charge >= 0.3 is 0 Å². The van der Waals surface area contributed by atoms with Crippen LogP contribution in [-0.4, -0.2) is 51.4 Å². The monoisotopic (exact) mass is 627 g/mol. The smallest absolute Gasteiger partial charge is 0.264 e. The molecule has 1 N–H and O–H groups in total. The minimum Gasteiger partial charge on any atom is -0.497 e. The van der Waals surface area contributed by atoms with Crippen LogP contribution in [0, 0.1) is 0 Å². The summed E-state index contributed by atoms with van der Waals surface area (Å²) in [6, 6.07) is 31.2. The summed E-state index contributed by atoms with van der Waals surface area (Å²) in [5.41, 5.74) is 2.83. The first kappa shape index (κ1) is 33.3. The molecule has 0 saturated heterocycles. The highest BCUT2D eigenvalue weighted by molar-refractivity contribution is 7.92. The second-order valence-electron chi connectivity index (χ2n) is 10.7. The van der Waals surface area contributed by atoms with E-state index < -0.39 is 28.5 Å². The number of anilines is 1. The predicted molar refractivity (Wildman–Crippen MR) is 178 cm³/mol. The van der Waals surface area contributed by atoms with Gasteiger partial charge in [0.25, 0.3) is 10.0 Å². The van der Waals surface area contributed by atoms with Crippen molar-refractivity contribution in [2.24, 2.45) is 0 Å². The second-order valence-corrected chi connectivity index (χ2v) is 12.5. The average Bonchev–Trinajstić information content (AvgIpc) is 3.08. The number of amides is 2. The van der Waals surface area contributed by atoms with Crippen LogP contribution in [0.25, 0.3) is 0 Å². The van der Waals surface area contributed by atoms with Gasteiger partial charge in [-0.1, -0.05) is 92.7 Å². The van der Waals surface area contributed by atoms with Crippen LogP contribution in [0.5, 0.6) is 5.75 Å². The number of aryl methyl sites for hydroxylation is 1. The number of ether oxygens (including phenoxy) is 1. The zero-order valence-electron chi connectivity index (χ0n) is 26.1. The van der Waals surface area contributed by atoms with Gasteiger partial charge in [-0.3, -0.25) is 13.9 Å². The molecule has 0 unspecified atom stereocenters. The Morgan fingerprint density at radius 2 is 1.47 bits per heavy atom. The fourth-order valence-electron chi connectivity index (χ4n) is 5.17. The lowest BCUT2D eigenvalue weighted by molar-refractivity contribution is -0.140. The van der Waals surface area contributed by atoms with Crippen LogP contribution < -0.4 is 14.4 Å². The third-order valence-corrected chi connectivity index (χ3v) is 9.33. The Hall–Kier alpha value is -4.63. The number of carbonyl (C=O) groups excluding carboxylic acids is 2. The minimum absolute atomic E-state index is 0.0712. The van der Waals surface area contributed by atoms with E-state index in [0.717, 1.165) is 23.1 Å². The van der Waals surface area contributed by atoms with Crippen molar-refractivity contribution in [3.05, 3.63) is 126 Å². The lowest BCUT2D eigenvalue weighted by Crippen LogP contribution is -2.53. The van der Waals surface area contributed by atoms with Gasteiger partial charge in [0.2, 0.25) is 11.8 Å². The van der Waals surface area contributed by atoms with Gasteiger partial charge in [0, 0.05) is 19.5 Å². The number of methoxy groups -OCH3 is 1. The average molecular weight is 628 g/mol. The van der Waals surface area contributed by atoms with Gasteiger partial charge in [0.1, 0.15) is 18.3 Å². The Kier molecular flexibility index (Phi) is 11.8. The number of sulfonamides is 1. The zero-order chi connectivity index (χ0) is 32.2. The van der Waals surface area contributed by atoms with E-state index in [-0.39, 0.29) is 23.8 Å². The zero-order valence-corrected chi connectivity index (χ0v) is 26.9. The molecule has 236 valence electrons. The normalized spacial score (nSPS) is 11.8. The molecule has 45 heavy (non-hydrogen) atoms. The lowest BCUT2D eigenvalue weighted by atomic mass is 10.0. The van der Waals surface area contributed by atoms with E-state index in [0.29, 0.717) is 24.4 Å². The van der Waals surface area contributed by atoms with Crippen LogP contribution in [0.1, 0.15) is 37.0 Å². The van der Waals surface area contributed by atoms with Crippen molar-refractivity contribution >= 4 is 27.5 Å². The summed E-state index contributed by atoms with van der Waals surface area (Å²) in [6.07, 6.45) is 1.54. The summed E-state index contributed by atoms with van der Waals surface area (Å²) in [6.45, 7) is 3.93. The molecule has 0 radical (unpaired) electrons. The molecule has 4 aromatic carbocycles. The van der Waals surface area contributed by atoms with Crippen LogP contribution >= 0.6 is 0 Å². The van der Waals surface area contributed by atoms with E-state index in [2.05, 4.69) is 5.32 Å². The number of carbonyl (C=O) groups is 2. The van der Waals surface area contributed by atoms with Crippen LogP contribution in [0.4, 0.5) is 5.69 Å². The Morgan fingerprint density at radius 3 is 2.13 bits per heavy atom. The molecule has 4 rings (SSSR count). The van der Waals surface area contributed by atoms with Gasteiger partial charge in [0.05, 0.1) is 17.7 Å². The van der Waals surface area contributed by atoms with Crippen LogP contribution in [0.15, 0.2) is 114 Å². The van der Waals surface area contributed by atoms with Gasteiger partial charge in [0.15, 0.2) is 0 Å². The number of benzene rings is 4. The van der Waals surface area contributed by atoms with Gasteiger partial charge in [-0.15, -0.1) is 0 Å². The van der Waals surface area contributed by atoms with Crippen molar-refractivity contribution in [1.82, 2.24) is 10.2 Å². The maximum Gasteiger partial charge on any atom is 0.264 e. The molecule has 8 nitrogen and oxygen atoms in total. The molecule has 0 aromatic heterocycles. The first-order valence-electron chi connectivity index (χ1n) is 15.2. The Labute approximate surface area is 266 Å². The molecule has 0 saturated carbocycles. The summed E-state index contributed by atoms with van der Waals surface area (Å²) >= 11 is 0.